The predicted molar refractivity (Wildman–Crippen MR) is 53.5 cm³/mol. The van der Waals surface area contributed by atoms with Crippen LogP contribution in [0.3, 0.4) is 0 Å². The molecule has 1 aliphatic heterocycles. The highest BCUT2D eigenvalue weighted by atomic mass is 16.3. The number of piperidine rings is 1. The minimum atomic E-state index is 0.366. The van der Waals surface area contributed by atoms with Gasteiger partial charge in [0.05, 0.1) is 0 Å². The van der Waals surface area contributed by atoms with Crippen LogP contribution in [0.4, 0.5) is 0 Å². The SMILES string of the molecule is CC1CCC2NCC(CO)CC2C1. The second-order valence-electron chi connectivity index (χ2n) is 4.98. The van der Waals surface area contributed by atoms with Gasteiger partial charge in [-0.1, -0.05) is 6.92 Å². The summed E-state index contributed by atoms with van der Waals surface area (Å²) >= 11 is 0. The highest BCUT2D eigenvalue weighted by Gasteiger charge is 2.33. The van der Waals surface area contributed by atoms with E-state index in [2.05, 4.69) is 12.2 Å². The lowest BCUT2D eigenvalue weighted by Crippen LogP contribution is -2.48. The summed E-state index contributed by atoms with van der Waals surface area (Å²) in [4.78, 5) is 0. The minimum Gasteiger partial charge on any atom is -0.396 e. The topological polar surface area (TPSA) is 32.3 Å². The van der Waals surface area contributed by atoms with Gasteiger partial charge < -0.3 is 10.4 Å². The van der Waals surface area contributed by atoms with Crippen LogP contribution < -0.4 is 5.32 Å². The lowest BCUT2D eigenvalue weighted by Gasteiger charge is -2.41. The van der Waals surface area contributed by atoms with Gasteiger partial charge in [0.1, 0.15) is 0 Å². The molecule has 0 aromatic carbocycles. The van der Waals surface area contributed by atoms with E-state index in [0.717, 1.165) is 24.4 Å². The van der Waals surface area contributed by atoms with Gasteiger partial charge in [-0.25, -0.2) is 0 Å². The largest absolute Gasteiger partial charge is 0.396 e. The van der Waals surface area contributed by atoms with Crippen LogP contribution in [-0.2, 0) is 0 Å². The summed E-state index contributed by atoms with van der Waals surface area (Å²) in [7, 11) is 0. The smallest absolute Gasteiger partial charge is 0.0471 e. The summed E-state index contributed by atoms with van der Waals surface area (Å²) in [6.07, 6.45) is 5.36. The zero-order chi connectivity index (χ0) is 9.26. The van der Waals surface area contributed by atoms with Crippen molar-refractivity contribution in [2.75, 3.05) is 13.2 Å². The van der Waals surface area contributed by atoms with Crippen LogP contribution in [-0.4, -0.2) is 24.3 Å². The van der Waals surface area contributed by atoms with E-state index in [1.807, 2.05) is 0 Å². The molecule has 1 saturated carbocycles. The monoisotopic (exact) mass is 183 g/mol. The Labute approximate surface area is 80.7 Å². The summed E-state index contributed by atoms with van der Waals surface area (Å²) in [5.41, 5.74) is 0. The molecule has 4 atom stereocenters. The Hall–Kier alpha value is -0.0800. The highest BCUT2D eigenvalue weighted by Crippen LogP contribution is 2.35. The molecule has 13 heavy (non-hydrogen) atoms. The molecule has 1 aliphatic carbocycles. The number of aliphatic hydroxyl groups excluding tert-OH is 1. The molecule has 4 unspecified atom stereocenters. The number of fused-ring (bicyclic) bond motifs is 1. The molecule has 0 aromatic rings. The second-order valence-corrected chi connectivity index (χ2v) is 4.98. The van der Waals surface area contributed by atoms with Gasteiger partial charge in [0.2, 0.25) is 0 Å². The van der Waals surface area contributed by atoms with Crippen molar-refractivity contribution in [1.29, 1.82) is 0 Å². The molecule has 2 nitrogen and oxygen atoms in total. The van der Waals surface area contributed by atoms with Gasteiger partial charge in [-0.2, -0.15) is 0 Å². The third-order valence-electron chi connectivity index (χ3n) is 3.81. The first-order chi connectivity index (χ1) is 6.29. The van der Waals surface area contributed by atoms with Crippen LogP contribution in [0.5, 0.6) is 0 Å². The van der Waals surface area contributed by atoms with Crippen molar-refractivity contribution in [1.82, 2.24) is 5.32 Å². The van der Waals surface area contributed by atoms with Gasteiger partial charge in [0.25, 0.3) is 0 Å². The van der Waals surface area contributed by atoms with Crippen LogP contribution in [0.25, 0.3) is 0 Å². The standard InChI is InChI=1S/C11H21NO/c1-8-2-3-11-10(4-8)5-9(7-13)6-12-11/h8-13H,2-7H2,1H3. The maximum absolute atomic E-state index is 9.11. The number of rotatable bonds is 1. The van der Waals surface area contributed by atoms with E-state index < -0.39 is 0 Å². The summed E-state index contributed by atoms with van der Waals surface area (Å²) in [5, 5.41) is 12.7. The Balaban J connectivity index is 1.91. The molecular weight excluding hydrogens is 162 g/mol. The van der Waals surface area contributed by atoms with Gasteiger partial charge in [-0.15, -0.1) is 0 Å². The molecule has 0 aromatic heterocycles. The van der Waals surface area contributed by atoms with E-state index in [9.17, 15) is 0 Å². The first-order valence-corrected chi connectivity index (χ1v) is 5.64. The maximum Gasteiger partial charge on any atom is 0.0471 e. The maximum atomic E-state index is 9.11. The molecule has 2 heteroatoms. The molecule has 0 bridgehead atoms. The van der Waals surface area contributed by atoms with Crippen molar-refractivity contribution in [3.05, 3.63) is 0 Å². The molecule has 2 fully saturated rings. The minimum absolute atomic E-state index is 0.366. The second kappa shape index (κ2) is 3.97. The Morgan fingerprint density at radius 2 is 2.15 bits per heavy atom. The quantitative estimate of drug-likeness (QED) is 0.644. The number of aliphatic hydroxyl groups is 1. The fraction of sp³-hybridized carbons (Fsp3) is 1.00. The lowest BCUT2D eigenvalue weighted by atomic mass is 9.73. The third-order valence-corrected chi connectivity index (χ3v) is 3.81. The molecule has 76 valence electrons. The molecule has 2 N–H and O–H groups in total. The molecule has 2 rings (SSSR count). The molecule has 0 radical (unpaired) electrons. The molecule has 0 amide bonds. The van der Waals surface area contributed by atoms with Crippen LogP contribution in [0.1, 0.15) is 32.6 Å². The molecule has 1 heterocycles. The predicted octanol–water partition coefficient (Wildman–Crippen LogP) is 1.39. The fourth-order valence-corrected chi connectivity index (χ4v) is 3.00. The van der Waals surface area contributed by atoms with Gasteiger partial charge >= 0.3 is 0 Å². The number of hydrogen-bond acceptors (Lipinski definition) is 2. The average molecular weight is 183 g/mol. The Bertz CT molecular complexity index is 171. The molecule has 1 saturated heterocycles. The third kappa shape index (κ3) is 2.05. The molecule has 0 spiro atoms. The van der Waals surface area contributed by atoms with Crippen molar-refractivity contribution in [3.63, 3.8) is 0 Å². The average Bonchev–Trinajstić information content (AvgIpc) is 2.16. The van der Waals surface area contributed by atoms with Crippen molar-refractivity contribution in [2.24, 2.45) is 17.8 Å². The van der Waals surface area contributed by atoms with E-state index in [1.54, 1.807) is 0 Å². The van der Waals surface area contributed by atoms with Crippen LogP contribution in [0.15, 0.2) is 0 Å². The van der Waals surface area contributed by atoms with E-state index in [4.69, 9.17) is 5.11 Å². The highest BCUT2D eigenvalue weighted by molar-refractivity contribution is 4.89. The summed E-state index contributed by atoms with van der Waals surface area (Å²) in [5.74, 6) is 2.27. The van der Waals surface area contributed by atoms with Crippen molar-refractivity contribution in [2.45, 2.75) is 38.6 Å². The zero-order valence-electron chi connectivity index (χ0n) is 8.50. The zero-order valence-corrected chi connectivity index (χ0v) is 8.50. The van der Waals surface area contributed by atoms with E-state index in [-0.39, 0.29) is 0 Å². The first kappa shape index (κ1) is 9.47. The summed E-state index contributed by atoms with van der Waals surface area (Å²) in [6, 6.07) is 0.763. The van der Waals surface area contributed by atoms with Gasteiger partial charge in [0.15, 0.2) is 0 Å². The van der Waals surface area contributed by atoms with Crippen molar-refractivity contribution >= 4 is 0 Å². The first-order valence-electron chi connectivity index (χ1n) is 5.64. The number of nitrogens with one attached hydrogen (secondary N) is 1. The van der Waals surface area contributed by atoms with Gasteiger partial charge in [-0.3, -0.25) is 0 Å². The van der Waals surface area contributed by atoms with Crippen LogP contribution in [0.2, 0.25) is 0 Å². The van der Waals surface area contributed by atoms with Crippen molar-refractivity contribution in [3.8, 4) is 0 Å². The Morgan fingerprint density at radius 1 is 1.31 bits per heavy atom. The number of hydrogen-bond donors (Lipinski definition) is 2. The summed E-state index contributed by atoms with van der Waals surface area (Å²) in [6.45, 7) is 3.76. The van der Waals surface area contributed by atoms with Gasteiger partial charge in [0, 0.05) is 19.2 Å². The normalized spacial score (nSPS) is 45.7. The molecule has 2 aliphatic rings. The van der Waals surface area contributed by atoms with Crippen molar-refractivity contribution < 1.29 is 5.11 Å². The van der Waals surface area contributed by atoms with E-state index >= 15 is 0 Å². The lowest BCUT2D eigenvalue weighted by molar-refractivity contribution is 0.103. The Kier molecular flexibility index (Phi) is 2.89. The van der Waals surface area contributed by atoms with Crippen LogP contribution in [0, 0.1) is 17.8 Å². The summed E-state index contributed by atoms with van der Waals surface area (Å²) < 4.78 is 0. The Morgan fingerprint density at radius 3 is 2.92 bits per heavy atom. The van der Waals surface area contributed by atoms with Crippen LogP contribution >= 0.6 is 0 Å². The van der Waals surface area contributed by atoms with E-state index in [1.165, 1.54) is 25.7 Å². The van der Waals surface area contributed by atoms with E-state index in [0.29, 0.717) is 12.5 Å². The van der Waals surface area contributed by atoms with Gasteiger partial charge in [-0.05, 0) is 43.4 Å². The molecular formula is C11H21NO. The fourth-order valence-electron chi connectivity index (χ4n) is 3.00.